The van der Waals surface area contributed by atoms with Crippen molar-refractivity contribution in [3.05, 3.63) is 22.3 Å². The largest absolute Gasteiger partial charge is 0.477 e. The first-order valence-electron chi connectivity index (χ1n) is 8.46. The average Bonchev–Trinajstić information content (AvgIpc) is 3.14. The molecule has 2 aliphatic rings. The molecular weight excluding hydrogens is 436 g/mol. The second kappa shape index (κ2) is 8.71. The molecule has 0 aromatic carbocycles. The van der Waals surface area contributed by atoms with E-state index in [9.17, 15) is 19.5 Å². The number of fused-ring (bicyclic) bond motifs is 1. The topological polar surface area (TPSA) is 169 Å². The van der Waals surface area contributed by atoms with Crippen LogP contribution in [-0.2, 0) is 24.1 Å². The van der Waals surface area contributed by atoms with Crippen LogP contribution in [-0.4, -0.2) is 75.6 Å². The normalized spacial score (nSPS) is 23.8. The zero-order valence-corrected chi connectivity index (χ0v) is 17.7. The average molecular weight is 454 g/mol. The molecule has 1 unspecified atom stereocenters. The van der Waals surface area contributed by atoms with Gasteiger partial charge in [-0.25, -0.2) is 9.78 Å². The Morgan fingerprint density at radius 3 is 2.70 bits per heavy atom. The molecule has 1 saturated heterocycles. The van der Waals surface area contributed by atoms with Gasteiger partial charge >= 0.3 is 5.97 Å². The number of nitrogen functional groups attached to an aromatic ring is 1. The number of nitrogens with one attached hydrogen (secondary N) is 1. The van der Waals surface area contributed by atoms with E-state index >= 15 is 0 Å². The van der Waals surface area contributed by atoms with Crippen molar-refractivity contribution in [1.82, 2.24) is 15.2 Å². The summed E-state index contributed by atoms with van der Waals surface area (Å²) in [5.41, 5.74) is 5.80. The van der Waals surface area contributed by atoms with Gasteiger partial charge < -0.3 is 25.8 Å². The van der Waals surface area contributed by atoms with E-state index in [1.165, 1.54) is 37.6 Å². The first kappa shape index (κ1) is 21.6. The zero-order chi connectivity index (χ0) is 22.0. The van der Waals surface area contributed by atoms with Crippen LogP contribution in [0.1, 0.15) is 12.6 Å². The molecular formula is C16H18N6O6S2. The highest BCUT2D eigenvalue weighted by molar-refractivity contribution is 8.00. The number of oxime groups is 2. The molecule has 3 rings (SSSR count). The Bertz CT molecular complexity index is 973. The van der Waals surface area contributed by atoms with Crippen molar-refractivity contribution in [2.24, 2.45) is 10.3 Å². The second-order valence-electron chi connectivity index (χ2n) is 6.05. The third-order valence-corrected chi connectivity index (χ3v) is 6.39. The van der Waals surface area contributed by atoms with E-state index in [0.29, 0.717) is 5.57 Å². The minimum Gasteiger partial charge on any atom is -0.477 e. The second-order valence-corrected chi connectivity index (χ2v) is 8.40. The van der Waals surface area contributed by atoms with E-state index < -0.39 is 29.2 Å². The van der Waals surface area contributed by atoms with Gasteiger partial charge in [0.1, 0.15) is 37.0 Å². The number of nitrogens with two attached hydrogens (primary N) is 1. The fraction of sp³-hybridized carbons (Fsp3) is 0.375. The summed E-state index contributed by atoms with van der Waals surface area (Å²) in [5, 5.41) is 20.4. The van der Waals surface area contributed by atoms with Gasteiger partial charge in [0, 0.05) is 16.2 Å². The molecule has 30 heavy (non-hydrogen) atoms. The van der Waals surface area contributed by atoms with Gasteiger partial charge in [-0.05, 0) is 6.92 Å². The molecule has 0 aliphatic carbocycles. The lowest BCUT2D eigenvalue weighted by Crippen LogP contribution is -2.71. The Balaban J connectivity index is 1.84. The Labute approximate surface area is 178 Å². The summed E-state index contributed by atoms with van der Waals surface area (Å²) in [6.07, 6.45) is 1.27. The molecule has 3 atom stereocenters. The molecule has 1 fully saturated rings. The molecule has 12 nitrogen and oxygen atoms in total. The van der Waals surface area contributed by atoms with Crippen molar-refractivity contribution < 1.29 is 29.2 Å². The molecule has 160 valence electrons. The van der Waals surface area contributed by atoms with Crippen LogP contribution in [0, 0.1) is 0 Å². The summed E-state index contributed by atoms with van der Waals surface area (Å²) in [4.78, 5) is 51.7. The third-order valence-electron chi connectivity index (χ3n) is 4.29. The maximum absolute atomic E-state index is 12.7. The lowest BCUT2D eigenvalue weighted by molar-refractivity contribution is -0.150. The number of hydrogen-bond acceptors (Lipinski definition) is 11. The van der Waals surface area contributed by atoms with E-state index in [1.54, 1.807) is 6.92 Å². The van der Waals surface area contributed by atoms with E-state index in [-0.39, 0.29) is 27.5 Å². The van der Waals surface area contributed by atoms with Crippen molar-refractivity contribution in [3.63, 3.8) is 0 Å². The monoisotopic (exact) mass is 454 g/mol. The maximum Gasteiger partial charge on any atom is 0.353 e. The molecule has 3 heterocycles. The molecule has 0 radical (unpaired) electrons. The van der Waals surface area contributed by atoms with Gasteiger partial charge in [-0.3, -0.25) is 14.5 Å². The summed E-state index contributed by atoms with van der Waals surface area (Å²) in [6, 6.07) is -0.946. The number of carbonyl (C=O) groups is 3. The number of anilines is 1. The highest BCUT2D eigenvalue weighted by atomic mass is 32.2. The number of aromatic nitrogens is 1. The van der Waals surface area contributed by atoms with E-state index in [4.69, 9.17) is 10.6 Å². The number of thioether (sulfide) groups is 1. The molecule has 0 saturated carbocycles. The van der Waals surface area contributed by atoms with Gasteiger partial charge in [0.15, 0.2) is 10.8 Å². The molecule has 2 amide bonds. The Morgan fingerprint density at radius 2 is 2.13 bits per heavy atom. The van der Waals surface area contributed by atoms with Gasteiger partial charge in [0.05, 0.1) is 6.21 Å². The van der Waals surface area contributed by atoms with Gasteiger partial charge in [0.25, 0.3) is 11.8 Å². The van der Waals surface area contributed by atoms with Gasteiger partial charge in [-0.15, -0.1) is 23.1 Å². The van der Waals surface area contributed by atoms with E-state index in [0.717, 1.165) is 16.2 Å². The van der Waals surface area contributed by atoms with Gasteiger partial charge in [-0.2, -0.15) is 0 Å². The molecule has 1 aromatic heterocycles. The van der Waals surface area contributed by atoms with Crippen LogP contribution < -0.4 is 11.1 Å². The predicted octanol–water partition coefficient (Wildman–Crippen LogP) is -0.165. The quantitative estimate of drug-likeness (QED) is 0.288. The van der Waals surface area contributed by atoms with Crippen molar-refractivity contribution >= 4 is 57.9 Å². The molecule has 0 bridgehead atoms. The number of β-lactam (4-membered cyclic amide) rings is 1. The number of aliphatic carboxylic acids is 1. The number of rotatable bonds is 7. The maximum atomic E-state index is 12.7. The third kappa shape index (κ3) is 3.82. The first-order chi connectivity index (χ1) is 14.3. The van der Waals surface area contributed by atoms with Crippen LogP contribution in [0.4, 0.5) is 5.13 Å². The molecule has 1 aromatic rings. The van der Waals surface area contributed by atoms with Crippen molar-refractivity contribution in [2.45, 2.75) is 23.6 Å². The number of carboxylic acid groups (broad SMARTS) is 1. The Kier molecular flexibility index (Phi) is 6.26. The standard InChI is InChI=1S/C16H18N6O6S2/c1-6-7(4-18-27-2)11(15(25)26)22-13(24)10(14(22)30-6)20-12(23)9(21-28-3)8-5-29-16(17)19-8/h4-6,10,14H,1-3H3,(H2,17,19)(H,20,23)(H,25,26)/b18-4?,21-9-/t6-,10?,14+/m1/s1. The highest BCUT2D eigenvalue weighted by Crippen LogP contribution is 2.43. The molecule has 0 spiro atoms. The fourth-order valence-corrected chi connectivity index (χ4v) is 4.95. The number of amides is 2. The summed E-state index contributed by atoms with van der Waals surface area (Å²) >= 11 is 2.43. The summed E-state index contributed by atoms with van der Waals surface area (Å²) in [5.74, 6) is -2.54. The molecule has 4 N–H and O–H groups in total. The predicted molar refractivity (Wildman–Crippen MR) is 110 cm³/mol. The number of carbonyl (C=O) groups excluding carboxylic acids is 2. The lowest BCUT2D eigenvalue weighted by atomic mass is 10.0. The summed E-state index contributed by atoms with van der Waals surface area (Å²) in [7, 11) is 2.60. The minimum atomic E-state index is -1.28. The molecule has 14 heteroatoms. The Hall–Kier alpha value is -3.13. The van der Waals surface area contributed by atoms with Gasteiger partial charge in [-0.1, -0.05) is 10.3 Å². The summed E-state index contributed by atoms with van der Waals surface area (Å²) < 4.78 is 0. The lowest BCUT2D eigenvalue weighted by Gasteiger charge is -2.50. The van der Waals surface area contributed by atoms with Crippen LogP contribution in [0.2, 0.25) is 0 Å². The Morgan fingerprint density at radius 1 is 1.40 bits per heavy atom. The zero-order valence-electron chi connectivity index (χ0n) is 16.1. The number of thiazole rings is 1. The van der Waals surface area contributed by atoms with Crippen molar-refractivity contribution in [3.8, 4) is 0 Å². The van der Waals surface area contributed by atoms with Crippen LogP contribution in [0.25, 0.3) is 0 Å². The number of nitrogens with zero attached hydrogens (tertiary/aromatic N) is 4. The van der Waals surface area contributed by atoms with Gasteiger partial charge in [0.2, 0.25) is 0 Å². The van der Waals surface area contributed by atoms with E-state index in [2.05, 4.69) is 25.4 Å². The minimum absolute atomic E-state index is 0.146. The van der Waals surface area contributed by atoms with E-state index in [1.807, 2.05) is 0 Å². The number of hydrogen-bond donors (Lipinski definition) is 3. The number of carboxylic acids is 1. The van der Waals surface area contributed by atoms with Crippen molar-refractivity contribution in [1.29, 1.82) is 0 Å². The summed E-state index contributed by atoms with van der Waals surface area (Å²) in [6.45, 7) is 1.78. The SMILES string of the molecule is CON=CC1=C(C(=O)O)N2C(=O)C(NC(=O)/C(=N\OC)c3csc(N)n3)[C@@H]2S[C@@H]1C. The van der Waals surface area contributed by atoms with Crippen LogP contribution in [0.3, 0.4) is 0 Å². The fourth-order valence-electron chi connectivity index (χ4n) is 2.99. The van der Waals surface area contributed by atoms with Crippen LogP contribution in [0.5, 0.6) is 0 Å². The highest BCUT2D eigenvalue weighted by Gasteiger charge is 2.55. The van der Waals surface area contributed by atoms with Crippen molar-refractivity contribution in [2.75, 3.05) is 20.0 Å². The van der Waals surface area contributed by atoms with Crippen LogP contribution >= 0.6 is 23.1 Å². The first-order valence-corrected chi connectivity index (χ1v) is 10.3. The smallest absolute Gasteiger partial charge is 0.353 e. The molecule has 2 aliphatic heterocycles. The van der Waals surface area contributed by atoms with Crippen LogP contribution in [0.15, 0.2) is 27.0 Å².